The standard InChI is InChI=1S/C11H21N3O3/c1-14-8-10(6-13-14)5-12-7-11(15)9-17-4-3-16-2/h6,8,11-12,15H,3-5,7,9H2,1-2H3. The van der Waals surface area contributed by atoms with Gasteiger partial charge in [-0.2, -0.15) is 5.10 Å². The molecule has 17 heavy (non-hydrogen) atoms. The SMILES string of the molecule is COCCOCC(O)CNCc1cnn(C)c1. The molecule has 0 saturated carbocycles. The first-order valence-electron chi connectivity index (χ1n) is 5.65. The molecule has 0 aliphatic heterocycles. The number of hydrogen-bond acceptors (Lipinski definition) is 5. The van der Waals surface area contributed by atoms with E-state index in [1.54, 1.807) is 18.0 Å². The van der Waals surface area contributed by atoms with Gasteiger partial charge in [0.2, 0.25) is 0 Å². The summed E-state index contributed by atoms with van der Waals surface area (Å²) in [5, 5.41) is 16.8. The molecule has 6 heteroatoms. The number of aryl methyl sites for hydroxylation is 1. The number of aromatic nitrogens is 2. The second-order valence-corrected chi connectivity index (χ2v) is 3.87. The number of ether oxygens (including phenoxy) is 2. The van der Waals surface area contributed by atoms with Crippen LogP contribution in [0.15, 0.2) is 12.4 Å². The number of rotatable bonds is 9. The quantitative estimate of drug-likeness (QED) is 0.574. The zero-order valence-corrected chi connectivity index (χ0v) is 10.4. The normalized spacial score (nSPS) is 12.9. The van der Waals surface area contributed by atoms with Crippen LogP contribution < -0.4 is 5.32 Å². The van der Waals surface area contributed by atoms with E-state index in [1.165, 1.54) is 0 Å². The molecule has 0 aliphatic rings. The van der Waals surface area contributed by atoms with Crippen LogP contribution in [0.3, 0.4) is 0 Å². The maximum Gasteiger partial charge on any atom is 0.0897 e. The molecule has 0 radical (unpaired) electrons. The number of nitrogens with one attached hydrogen (secondary N) is 1. The van der Waals surface area contributed by atoms with Crippen LogP contribution in [-0.2, 0) is 23.1 Å². The Morgan fingerprint density at radius 2 is 2.35 bits per heavy atom. The maximum absolute atomic E-state index is 9.58. The molecule has 1 heterocycles. The van der Waals surface area contributed by atoms with Gasteiger partial charge in [-0.15, -0.1) is 0 Å². The fourth-order valence-electron chi connectivity index (χ4n) is 1.37. The largest absolute Gasteiger partial charge is 0.389 e. The van der Waals surface area contributed by atoms with E-state index in [0.717, 1.165) is 5.56 Å². The lowest BCUT2D eigenvalue weighted by molar-refractivity contribution is 0.0137. The maximum atomic E-state index is 9.58. The number of aliphatic hydroxyl groups is 1. The third-order valence-electron chi connectivity index (χ3n) is 2.21. The van der Waals surface area contributed by atoms with Crippen LogP contribution in [0.2, 0.25) is 0 Å². The minimum atomic E-state index is -0.497. The molecule has 0 amide bonds. The topological polar surface area (TPSA) is 68.5 Å². The van der Waals surface area contributed by atoms with Crippen LogP contribution >= 0.6 is 0 Å². The van der Waals surface area contributed by atoms with E-state index in [0.29, 0.717) is 32.9 Å². The molecule has 2 N–H and O–H groups in total. The number of nitrogens with zero attached hydrogens (tertiary/aromatic N) is 2. The van der Waals surface area contributed by atoms with Crippen LogP contribution in [0.25, 0.3) is 0 Å². The Hall–Kier alpha value is -0.950. The van der Waals surface area contributed by atoms with E-state index >= 15 is 0 Å². The number of methoxy groups -OCH3 is 1. The molecule has 0 aliphatic carbocycles. The minimum absolute atomic E-state index is 0.323. The second-order valence-electron chi connectivity index (χ2n) is 3.87. The van der Waals surface area contributed by atoms with Gasteiger partial charge in [0.15, 0.2) is 0 Å². The van der Waals surface area contributed by atoms with Gasteiger partial charge in [0.05, 0.1) is 32.1 Å². The highest BCUT2D eigenvalue weighted by atomic mass is 16.5. The zero-order chi connectivity index (χ0) is 12.5. The lowest BCUT2D eigenvalue weighted by Crippen LogP contribution is -2.30. The van der Waals surface area contributed by atoms with Gasteiger partial charge in [-0.25, -0.2) is 0 Å². The summed E-state index contributed by atoms with van der Waals surface area (Å²) in [5.41, 5.74) is 1.10. The highest BCUT2D eigenvalue weighted by molar-refractivity contribution is 5.02. The summed E-state index contributed by atoms with van der Waals surface area (Å²) in [6.45, 7) is 2.58. The molecule has 0 saturated heterocycles. The van der Waals surface area contributed by atoms with E-state index in [-0.39, 0.29) is 0 Å². The first-order valence-corrected chi connectivity index (χ1v) is 5.65. The fraction of sp³-hybridized carbons (Fsp3) is 0.727. The van der Waals surface area contributed by atoms with Crippen molar-refractivity contribution < 1.29 is 14.6 Å². The Morgan fingerprint density at radius 3 is 3.00 bits per heavy atom. The summed E-state index contributed by atoms with van der Waals surface area (Å²) < 4.78 is 11.8. The van der Waals surface area contributed by atoms with Crippen molar-refractivity contribution in [3.63, 3.8) is 0 Å². The molecule has 1 atom stereocenters. The summed E-state index contributed by atoms with van der Waals surface area (Å²) >= 11 is 0. The Labute approximate surface area is 102 Å². The predicted molar refractivity (Wildman–Crippen MR) is 63.6 cm³/mol. The van der Waals surface area contributed by atoms with Gasteiger partial charge in [0, 0.05) is 39.0 Å². The Balaban J connectivity index is 2.02. The van der Waals surface area contributed by atoms with Crippen molar-refractivity contribution in [1.29, 1.82) is 0 Å². The summed E-state index contributed by atoms with van der Waals surface area (Å²) in [6, 6.07) is 0. The average molecular weight is 243 g/mol. The van der Waals surface area contributed by atoms with Gasteiger partial charge < -0.3 is 19.9 Å². The molecule has 1 aromatic rings. The summed E-state index contributed by atoms with van der Waals surface area (Å²) in [6.07, 6.45) is 3.24. The fourth-order valence-corrected chi connectivity index (χ4v) is 1.37. The average Bonchev–Trinajstić information content (AvgIpc) is 2.71. The molecule has 1 rings (SSSR count). The van der Waals surface area contributed by atoms with Gasteiger partial charge in [0.1, 0.15) is 0 Å². The van der Waals surface area contributed by atoms with E-state index in [2.05, 4.69) is 10.4 Å². The van der Waals surface area contributed by atoms with Gasteiger partial charge in [-0.05, 0) is 0 Å². The Kier molecular flexibility index (Phi) is 6.80. The molecular formula is C11H21N3O3. The van der Waals surface area contributed by atoms with Crippen LogP contribution in [-0.4, -0.2) is 54.5 Å². The van der Waals surface area contributed by atoms with Gasteiger partial charge in [-0.1, -0.05) is 0 Å². The summed E-state index contributed by atoms with van der Waals surface area (Å²) in [7, 11) is 3.50. The minimum Gasteiger partial charge on any atom is -0.389 e. The van der Waals surface area contributed by atoms with Crippen molar-refractivity contribution in [2.75, 3.05) is 33.5 Å². The molecule has 0 aromatic carbocycles. The van der Waals surface area contributed by atoms with Crippen LogP contribution in [0.1, 0.15) is 5.56 Å². The molecule has 1 unspecified atom stereocenters. The van der Waals surface area contributed by atoms with Crippen molar-refractivity contribution in [2.24, 2.45) is 7.05 Å². The highest BCUT2D eigenvalue weighted by Gasteiger charge is 2.04. The van der Waals surface area contributed by atoms with Crippen LogP contribution in [0.4, 0.5) is 0 Å². The predicted octanol–water partition coefficient (Wildman–Crippen LogP) is -0.466. The van der Waals surface area contributed by atoms with Gasteiger partial charge in [-0.3, -0.25) is 4.68 Å². The molecular weight excluding hydrogens is 222 g/mol. The third-order valence-corrected chi connectivity index (χ3v) is 2.21. The van der Waals surface area contributed by atoms with Gasteiger partial charge in [0.25, 0.3) is 0 Å². The van der Waals surface area contributed by atoms with Crippen LogP contribution in [0.5, 0.6) is 0 Å². The summed E-state index contributed by atoms with van der Waals surface area (Å²) in [5.74, 6) is 0. The van der Waals surface area contributed by atoms with Crippen LogP contribution in [0, 0.1) is 0 Å². The van der Waals surface area contributed by atoms with Gasteiger partial charge >= 0.3 is 0 Å². The second kappa shape index (κ2) is 8.19. The van der Waals surface area contributed by atoms with E-state index in [4.69, 9.17) is 9.47 Å². The number of aliphatic hydroxyl groups excluding tert-OH is 1. The van der Waals surface area contributed by atoms with E-state index in [9.17, 15) is 5.11 Å². The van der Waals surface area contributed by atoms with E-state index in [1.807, 2.05) is 13.2 Å². The molecule has 6 nitrogen and oxygen atoms in total. The third kappa shape index (κ3) is 6.38. The van der Waals surface area contributed by atoms with Crippen molar-refractivity contribution in [3.05, 3.63) is 18.0 Å². The van der Waals surface area contributed by atoms with Crippen molar-refractivity contribution in [1.82, 2.24) is 15.1 Å². The van der Waals surface area contributed by atoms with Crippen molar-refractivity contribution in [2.45, 2.75) is 12.6 Å². The Morgan fingerprint density at radius 1 is 1.53 bits per heavy atom. The molecule has 0 spiro atoms. The smallest absolute Gasteiger partial charge is 0.0897 e. The first-order chi connectivity index (χ1) is 8.22. The zero-order valence-electron chi connectivity index (χ0n) is 10.4. The number of hydrogen-bond donors (Lipinski definition) is 2. The molecule has 0 bridgehead atoms. The molecule has 98 valence electrons. The molecule has 0 fully saturated rings. The van der Waals surface area contributed by atoms with Crippen molar-refractivity contribution >= 4 is 0 Å². The molecule has 1 aromatic heterocycles. The monoisotopic (exact) mass is 243 g/mol. The highest BCUT2D eigenvalue weighted by Crippen LogP contribution is 1.95. The lowest BCUT2D eigenvalue weighted by Gasteiger charge is -2.11. The lowest BCUT2D eigenvalue weighted by atomic mass is 10.3. The summed E-state index contributed by atoms with van der Waals surface area (Å²) in [4.78, 5) is 0. The van der Waals surface area contributed by atoms with Crippen molar-refractivity contribution in [3.8, 4) is 0 Å². The van der Waals surface area contributed by atoms with E-state index < -0.39 is 6.10 Å². The Bertz CT molecular complexity index is 304. The first kappa shape index (κ1) is 14.1.